The van der Waals surface area contributed by atoms with Crippen molar-refractivity contribution in [2.45, 2.75) is 12.6 Å². The van der Waals surface area contributed by atoms with Crippen molar-refractivity contribution in [3.05, 3.63) is 0 Å². The van der Waals surface area contributed by atoms with Crippen molar-refractivity contribution in [3.63, 3.8) is 0 Å². The molecule has 0 saturated carbocycles. The van der Waals surface area contributed by atoms with Crippen LogP contribution in [0.15, 0.2) is 0 Å². The Morgan fingerprint density at radius 2 is 2.19 bits per heavy atom. The van der Waals surface area contributed by atoms with Gasteiger partial charge < -0.3 is 15.3 Å². The summed E-state index contributed by atoms with van der Waals surface area (Å²) in [6.07, 6.45) is -3.87. The fourth-order valence-corrected chi connectivity index (χ4v) is 1.73. The third-order valence-electron chi connectivity index (χ3n) is 2.46. The first kappa shape index (κ1) is 13.2. The zero-order valence-corrected chi connectivity index (χ0v) is 8.76. The summed E-state index contributed by atoms with van der Waals surface area (Å²) in [7, 11) is 0. The topological polar surface area (TPSA) is 52.6 Å². The van der Waals surface area contributed by atoms with Gasteiger partial charge in [0.15, 0.2) is 0 Å². The highest BCUT2D eigenvalue weighted by atomic mass is 19.4. The van der Waals surface area contributed by atoms with Gasteiger partial charge in [0, 0.05) is 13.1 Å². The molecule has 1 atom stereocenters. The molecule has 0 radical (unpaired) electrons. The molecular weight excluding hydrogens is 225 g/mol. The van der Waals surface area contributed by atoms with E-state index >= 15 is 0 Å². The van der Waals surface area contributed by atoms with Crippen molar-refractivity contribution < 1.29 is 23.1 Å². The van der Waals surface area contributed by atoms with Gasteiger partial charge in [0.25, 0.3) is 0 Å². The van der Waals surface area contributed by atoms with Gasteiger partial charge in [-0.15, -0.1) is 0 Å². The number of aliphatic hydroxyl groups excluding tert-OH is 1. The van der Waals surface area contributed by atoms with E-state index in [1.165, 1.54) is 0 Å². The van der Waals surface area contributed by atoms with Crippen molar-refractivity contribution >= 4 is 5.91 Å². The molecule has 4 nitrogen and oxygen atoms in total. The van der Waals surface area contributed by atoms with Crippen molar-refractivity contribution in [2.75, 3.05) is 32.8 Å². The number of alkyl halides is 3. The summed E-state index contributed by atoms with van der Waals surface area (Å²) in [6.45, 7) is -0.951. The normalized spacial score (nSPS) is 21.1. The Kier molecular flexibility index (Phi) is 4.55. The number of amides is 1. The number of nitrogens with zero attached hydrogens (tertiary/aromatic N) is 1. The number of hydrogen-bond donors (Lipinski definition) is 2. The van der Waals surface area contributed by atoms with E-state index in [9.17, 15) is 18.0 Å². The maximum absolute atomic E-state index is 12.2. The molecular formula is C9H15F3N2O2. The molecule has 1 rings (SSSR count). The summed E-state index contributed by atoms with van der Waals surface area (Å²) in [5.41, 5.74) is 0. The van der Waals surface area contributed by atoms with Gasteiger partial charge in [-0.1, -0.05) is 0 Å². The van der Waals surface area contributed by atoms with E-state index in [0.29, 0.717) is 24.4 Å². The first-order chi connectivity index (χ1) is 7.44. The van der Waals surface area contributed by atoms with Crippen LogP contribution in [-0.2, 0) is 4.79 Å². The zero-order chi connectivity index (χ0) is 12.2. The average molecular weight is 240 g/mol. The minimum Gasteiger partial charge on any atom is -0.395 e. The summed E-state index contributed by atoms with van der Waals surface area (Å²) in [5.74, 6) is -0.926. The van der Waals surface area contributed by atoms with E-state index in [2.05, 4.69) is 5.32 Å². The Balaban J connectivity index is 2.57. The number of nitrogens with one attached hydrogen (secondary N) is 1. The quantitative estimate of drug-likeness (QED) is 0.726. The maximum atomic E-state index is 12.2. The maximum Gasteiger partial charge on any atom is 0.406 e. The molecule has 1 fully saturated rings. The van der Waals surface area contributed by atoms with E-state index in [0.717, 1.165) is 0 Å². The van der Waals surface area contributed by atoms with Crippen molar-refractivity contribution in [2.24, 2.45) is 5.92 Å². The Morgan fingerprint density at radius 1 is 1.50 bits per heavy atom. The molecule has 1 saturated heterocycles. The van der Waals surface area contributed by atoms with Crippen LogP contribution in [0.4, 0.5) is 13.2 Å². The van der Waals surface area contributed by atoms with Gasteiger partial charge in [-0.25, -0.2) is 0 Å². The van der Waals surface area contributed by atoms with Gasteiger partial charge >= 0.3 is 6.18 Å². The van der Waals surface area contributed by atoms with Gasteiger partial charge in [0.05, 0.1) is 12.5 Å². The second-order valence-corrected chi connectivity index (χ2v) is 3.79. The van der Waals surface area contributed by atoms with E-state index in [1.54, 1.807) is 0 Å². The van der Waals surface area contributed by atoms with Crippen LogP contribution in [0.2, 0.25) is 0 Å². The lowest BCUT2D eigenvalue weighted by Crippen LogP contribution is -2.44. The van der Waals surface area contributed by atoms with Crippen molar-refractivity contribution in [3.8, 4) is 0 Å². The molecule has 16 heavy (non-hydrogen) atoms. The Hall–Kier alpha value is -0.820. The van der Waals surface area contributed by atoms with Crippen LogP contribution >= 0.6 is 0 Å². The molecule has 0 aromatic rings. The van der Waals surface area contributed by atoms with Gasteiger partial charge in [0.1, 0.15) is 6.54 Å². The standard InChI is InChI=1S/C9H15F3N2O2/c10-9(11,12)6-14(3-4-15)8(16)7-1-2-13-5-7/h7,13,15H,1-6H2. The third kappa shape index (κ3) is 3.97. The van der Waals surface area contributed by atoms with E-state index in [-0.39, 0.29) is 6.54 Å². The first-order valence-corrected chi connectivity index (χ1v) is 5.11. The lowest BCUT2D eigenvalue weighted by Gasteiger charge is -2.25. The molecule has 1 amide bonds. The van der Waals surface area contributed by atoms with Crippen LogP contribution in [0.25, 0.3) is 0 Å². The van der Waals surface area contributed by atoms with E-state index in [4.69, 9.17) is 5.11 Å². The average Bonchev–Trinajstić information content (AvgIpc) is 2.66. The summed E-state index contributed by atoms with van der Waals surface area (Å²) >= 11 is 0. The number of carbonyl (C=O) groups is 1. The van der Waals surface area contributed by atoms with Crippen molar-refractivity contribution in [1.82, 2.24) is 10.2 Å². The predicted molar refractivity (Wildman–Crippen MR) is 50.7 cm³/mol. The highest BCUT2D eigenvalue weighted by Crippen LogP contribution is 2.19. The fraction of sp³-hybridized carbons (Fsp3) is 0.889. The number of carbonyl (C=O) groups excluding carboxylic acids is 1. The van der Waals surface area contributed by atoms with Crippen LogP contribution in [0.1, 0.15) is 6.42 Å². The van der Waals surface area contributed by atoms with Crippen LogP contribution in [0.5, 0.6) is 0 Å². The number of halogens is 3. The van der Waals surface area contributed by atoms with Gasteiger partial charge in [-0.05, 0) is 13.0 Å². The number of hydrogen-bond acceptors (Lipinski definition) is 3. The molecule has 1 aliphatic heterocycles. The molecule has 1 heterocycles. The molecule has 0 bridgehead atoms. The van der Waals surface area contributed by atoms with Crippen molar-refractivity contribution in [1.29, 1.82) is 0 Å². The zero-order valence-electron chi connectivity index (χ0n) is 8.76. The molecule has 1 aliphatic rings. The van der Waals surface area contributed by atoms with Crippen LogP contribution in [0.3, 0.4) is 0 Å². The monoisotopic (exact) mass is 240 g/mol. The summed E-state index contributed by atoms with van der Waals surface area (Å²) in [6, 6.07) is 0. The van der Waals surface area contributed by atoms with Crippen LogP contribution < -0.4 is 5.32 Å². The first-order valence-electron chi connectivity index (χ1n) is 5.11. The molecule has 1 unspecified atom stereocenters. The molecule has 94 valence electrons. The Labute approximate surface area is 91.4 Å². The number of aliphatic hydroxyl groups is 1. The second-order valence-electron chi connectivity index (χ2n) is 3.79. The molecule has 0 spiro atoms. The third-order valence-corrected chi connectivity index (χ3v) is 2.46. The summed E-state index contributed by atoms with van der Waals surface area (Å²) in [5, 5.41) is 11.6. The SMILES string of the molecule is O=C(C1CCNC1)N(CCO)CC(F)(F)F. The number of rotatable bonds is 4. The Morgan fingerprint density at radius 3 is 2.62 bits per heavy atom. The van der Waals surface area contributed by atoms with Gasteiger partial charge in [0.2, 0.25) is 5.91 Å². The van der Waals surface area contributed by atoms with E-state index in [1.807, 2.05) is 0 Å². The largest absolute Gasteiger partial charge is 0.406 e. The fourth-order valence-electron chi connectivity index (χ4n) is 1.73. The van der Waals surface area contributed by atoms with Gasteiger partial charge in [-0.3, -0.25) is 4.79 Å². The highest BCUT2D eigenvalue weighted by molar-refractivity contribution is 5.79. The van der Waals surface area contributed by atoms with Crippen LogP contribution in [0, 0.1) is 5.92 Å². The Bertz CT molecular complexity index is 239. The molecule has 0 aliphatic carbocycles. The van der Waals surface area contributed by atoms with E-state index < -0.39 is 31.2 Å². The minimum atomic E-state index is -4.42. The smallest absolute Gasteiger partial charge is 0.395 e. The van der Waals surface area contributed by atoms with Gasteiger partial charge in [-0.2, -0.15) is 13.2 Å². The summed E-state index contributed by atoms with van der Waals surface area (Å²) < 4.78 is 36.6. The molecule has 0 aromatic carbocycles. The molecule has 7 heteroatoms. The summed E-state index contributed by atoms with van der Waals surface area (Å²) in [4.78, 5) is 12.4. The minimum absolute atomic E-state index is 0.269. The lowest BCUT2D eigenvalue weighted by molar-refractivity contribution is -0.164. The lowest BCUT2D eigenvalue weighted by atomic mass is 10.1. The van der Waals surface area contributed by atoms with Crippen LogP contribution in [-0.4, -0.2) is 54.9 Å². The highest BCUT2D eigenvalue weighted by Gasteiger charge is 2.35. The molecule has 0 aromatic heterocycles. The predicted octanol–water partition coefficient (Wildman–Crippen LogP) is -0.0209. The second kappa shape index (κ2) is 5.49. The molecule has 2 N–H and O–H groups in total.